The van der Waals surface area contributed by atoms with E-state index in [1.165, 1.54) is 5.56 Å². The summed E-state index contributed by atoms with van der Waals surface area (Å²) >= 11 is 12.1. The fourth-order valence-corrected chi connectivity index (χ4v) is 2.71. The molecule has 5 heteroatoms. The molecule has 1 amide bonds. The summed E-state index contributed by atoms with van der Waals surface area (Å²) in [4.78, 5) is 14.4. The number of benzene rings is 2. The number of hydrogen-bond acceptors (Lipinski definition) is 2. The Labute approximate surface area is 147 Å². The Morgan fingerprint density at radius 3 is 2.52 bits per heavy atom. The summed E-state index contributed by atoms with van der Waals surface area (Å²) in [5.74, 6) is -0.0986. The van der Waals surface area contributed by atoms with Crippen molar-refractivity contribution in [2.24, 2.45) is 0 Å². The number of carbonyl (C=O) groups excluding carboxylic acids is 1. The molecule has 0 atom stereocenters. The van der Waals surface area contributed by atoms with E-state index in [-0.39, 0.29) is 5.91 Å². The van der Waals surface area contributed by atoms with Crippen LogP contribution in [0.1, 0.15) is 18.9 Å². The fraction of sp³-hybridized carbons (Fsp3) is 0.278. The van der Waals surface area contributed by atoms with Crippen molar-refractivity contribution in [3.63, 3.8) is 0 Å². The van der Waals surface area contributed by atoms with Crippen LogP contribution >= 0.6 is 23.2 Å². The molecule has 0 heterocycles. The van der Waals surface area contributed by atoms with Crippen LogP contribution in [0.15, 0.2) is 48.5 Å². The largest absolute Gasteiger partial charge is 0.324 e. The summed E-state index contributed by atoms with van der Waals surface area (Å²) in [5, 5.41) is 3.63. The van der Waals surface area contributed by atoms with Gasteiger partial charge in [-0.2, -0.15) is 0 Å². The van der Waals surface area contributed by atoms with Gasteiger partial charge in [-0.3, -0.25) is 9.69 Å². The van der Waals surface area contributed by atoms with Gasteiger partial charge in [-0.25, -0.2) is 0 Å². The average molecular weight is 351 g/mol. The van der Waals surface area contributed by atoms with Crippen LogP contribution in [0.3, 0.4) is 0 Å². The molecule has 23 heavy (non-hydrogen) atoms. The van der Waals surface area contributed by atoms with Crippen LogP contribution in [-0.4, -0.2) is 23.9 Å². The molecule has 0 fully saturated rings. The van der Waals surface area contributed by atoms with E-state index in [1.54, 1.807) is 18.2 Å². The molecule has 122 valence electrons. The van der Waals surface area contributed by atoms with Crippen molar-refractivity contribution < 1.29 is 4.79 Å². The first-order valence-electron chi connectivity index (χ1n) is 7.60. The Kier molecular flexibility index (Phi) is 6.90. The first-order chi connectivity index (χ1) is 11.1. The molecule has 0 unspecified atom stereocenters. The van der Waals surface area contributed by atoms with Gasteiger partial charge in [0.2, 0.25) is 5.91 Å². The molecule has 0 saturated heterocycles. The van der Waals surface area contributed by atoms with Crippen molar-refractivity contribution in [3.05, 3.63) is 64.1 Å². The molecule has 0 bridgehead atoms. The Balaban J connectivity index is 1.99. The minimum absolute atomic E-state index is 0.0986. The predicted molar refractivity (Wildman–Crippen MR) is 97.1 cm³/mol. The lowest BCUT2D eigenvalue weighted by Crippen LogP contribution is -2.33. The normalized spacial score (nSPS) is 10.8. The smallest absolute Gasteiger partial charge is 0.238 e. The number of amides is 1. The first kappa shape index (κ1) is 17.8. The second-order valence-corrected chi connectivity index (χ2v) is 6.13. The zero-order valence-corrected chi connectivity index (χ0v) is 14.6. The molecule has 0 aliphatic heterocycles. The molecule has 0 aliphatic carbocycles. The quantitative estimate of drug-likeness (QED) is 0.774. The molecule has 2 aromatic rings. The molecule has 2 rings (SSSR count). The summed E-state index contributed by atoms with van der Waals surface area (Å²) in [6, 6.07) is 15.3. The maximum Gasteiger partial charge on any atom is 0.238 e. The number of carbonyl (C=O) groups is 1. The van der Waals surface area contributed by atoms with Crippen LogP contribution in [-0.2, 0) is 11.3 Å². The van der Waals surface area contributed by atoms with Crippen molar-refractivity contribution in [2.75, 3.05) is 18.4 Å². The molecule has 0 radical (unpaired) electrons. The van der Waals surface area contributed by atoms with E-state index in [9.17, 15) is 4.79 Å². The van der Waals surface area contributed by atoms with E-state index in [0.717, 1.165) is 19.5 Å². The number of hydrogen-bond donors (Lipinski definition) is 1. The molecule has 0 aromatic heterocycles. The Bertz CT molecular complexity index is 647. The zero-order chi connectivity index (χ0) is 16.7. The Morgan fingerprint density at radius 2 is 1.83 bits per heavy atom. The minimum atomic E-state index is -0.0986. The van der Waals surface area contributed by atoms with E-state index in [2.05, 4.69) is 29.3 Å². The van der Waals surface area contributed by atoms with Gasteiger partial charge in [-0.1, -0.05) is 66.5 Å². The Hall–Kier alpha value is -1.55. The third-order valence-corrected chi connectivity index (χ3v) is 4.20. The van der Waals surface area contributed by atoms with E-state index in [4.69, 9.17) is 23.2 Å². The van der Waals surface area contributed by atoms with Gasteiger partial charge < -0.3 is 5.32 Å². The van der Waals surface area contributed by atoms with Crippen LogP contribution in [0.4, 0.5) is 5.69 Å². The standard InChI is InChI=1S/C18H20Cl2N2O/c1-2-11-22(12-14-7-4-3-5-8-14)13-17(23)21-16-10-6-9-15(19)18(16)20/h3-10H,2,11-13H2,1H3,(H,21,23). The molecule has 1 N–H and O–H groups in total. The second kappa shape index (κ2) is 8.92. The van der Waals surface area contributed by atoms with Crippen molar-refractivity contribution in [1.29, 1.82) is 0 Å². The summed E-state index contributed by atoms with van der Waals surface area (Å²) in [6.45, 7) is 4.01. The molecule has 0 saturated carbocycles. The van der Waals surface area contributed by atoms with Gasteiger partial charge in [0.05, 0.1) is 22.3 Å². The third kappa shape index (κ3) is 5.54. The second-order valence-electron chi connectivity index (χ2n) is 5.35. The third-order valence-electron chi connectivity index (χ3n) is 3.38. The first-order valence-corrected chi connectivity index (χ1v) is 8.36. The number of nitrogens with zero attached hydrogens (tertiary/aromatic N) is 1. The van der Waals surface area contributed by atoms with Gasteiger partial charge in [0.15, 0.2) is 0 Å². The van der Waals surface area contributed by atoms with Crippen molar-refractivity contribution >= 4 is 34.8 Å². The summed E-state index contributed by atoms with van der Waals surface area (Å²) in [7, 11) is 0. The zero-order valence-electron chi connectivity index (χ0n) is 13.1. The maximum atomic E-state index is 12.3. The van der Waals surface area contributed by atoms with Crippen LogP contribution in [0.2, 0.25) is 10.0 Å². The van der Waals surface area contributed by atoms with Crippen molar-refractivity contribution in [3.8, 4) is 0 Å². The number of rotatable bonds is 7. The highest BCUT2D eigenvalue weighted by molar-refractivity contribution is 6.43. The maximum absolute atomic E-state index is 12.3. The topological polar surface area (TPSA) is 32.3 Å². The number of nitrogens with one attached hydrogen (secondary N) is 1. The van der Waals surface area contributed by atoms with Gasteiger partial charge in [-0.05, 0) is 30.7 Å². The molecule has 0 spiro atoms. The lowest BCUT2D eigenvalue weighted by Gasteiger charge is -2.21. The lowest BCUT2D eigenvalue weighted by molar-refractivity contribution is -0.117. The van der Waals surface area contributed by atoms with Gasteiger partial charge >= 0.3 is 0 Å². The van der Waals surface area contributed by atoms with Crippen LogP contribution < -0.4 is 5.32 Å². The highest BCUT2D eigenvalue weighted by Gasteiger charge is 2.13. The molecule has 2 aromatic carbocycles. The molecular formula is C18H20Cl2N2O. The van der Waals surface area contributed by atoms with E-state index in [0.29, 0.717) is 22.3 Å². The molecule has 0 aliphatic rings. The van der Waals surface area contributed by atoms with E-state index in [1.807, 2.05) is 18.2 Å². The van der Waals surface area contributed by atoms with Crippen LogP contribution in [0.5, 0.6) is 0 Å². The lowest BCUT2D eigenvalue weighted by atomic mass is 10.2. The van der Waals surface area contributed by atoms with Crippen LogP contribution in [0.25, 0.3) is 0 Å². The van der Waals surface area contributed by atoms with Crippen molar-refractivity contribution in [2.45, 2.75) is 19.9 Å². The molecular weight excluding hydrogens is 331 g/mol. The van der Waals surface area contributed by atoms with E-state index < -0.39 is 0 Å². The van der Waals surface area contributed by atoms with Crippen molar-refractivity contribution in [1.82, 2.24) is 4.90 Å². The number of anilines is 1. The van der Waals surface area contributed by atoms with Gasteiger partial charge in [0, 0.05) is 6.54 Å². The highest BCUT2D eigenvalue weighted by Crippen LogP contribution is 2.29. The minimum Gasteiger partial charge on any atom is -0.324 e. The Morgan fingerprint density at radius 1 is 1.09 bits per heavy atom. The van der Waals surface area contributed by atoms with Gasteiger partial charge in [0.1, 0.15) is 0 Å². The average Bonchev–Trinajstić information content (AvgIpc) is 2.53. The predicted octanol–water partition coefficient (Wildman–Crippen LogP) is 4.84. The molecule has 3 nitrogen and oxygen atoms in total. The van der Waals surface area contributed by atoms with Gasteiger partial charge in [0.25, 0.3) is 0 Å². The SMILES string of the molecule is CCCN(CC(=O)Nc1cccc(Cl)c1Cl)Cc1ccccc1. The summed E-state index contributed by atoms with van der Waals surface area (Å²) in [6.07, 6.45) is 0.984. The monoisotopic (exact) mass is 350 g/mol. The summed E-state index contributed by atoms with van der Waals surface area (Å²) < 4.78 is 0. The highest BCUT2D eigenvalue weighted by atomic mass is 35.5. The van der Waals surface area contributed by atoms with Crippen LogP contribution in [0, 0.1) is 0 Å². The fourth-order valence-electron chi connectivity index (χ4n) is 2.37. The summed E-state index contributed by atoms with van der Waals surface area (Å²) in [5.41, 5.74) is 1.73. The van der Waals surface area contributed by atoms with Gasteiger partial charge in [-0.15, -0.1) is 0 Å². The van der Waals surface area contributed by atoms with E-state index >= 15 is 0 Å². The number of halogens is 2.